The molecule has 35 heavy (non-hydrogen) atoms. The standard InChI is InChI=1S/C30H23NO4/c1-35-30(34)20-12-14-21(15-13-20)31-28(32)26-22-16-17-23(27(26)29(31)33)25(22)24(18-8-4-2-5-9-18)19-10-6-3-7-11-19/h2-17,22-23,26-27H,1H3/t22-,23+,26-,27+. The van der Waals surface area contributed by atoms with Crippen molar-refractivity contribution < 1.29 is 19.1 Å². The van der Waals surface area contributed by atoms with Crippen molar-refractivity contribution in [3.8, 4) is 0 Å². The SMILES string of the molecule is COC(=O)c1ccc(N2C(=O)[C@@H]3[C@H](C2=O)[C@@H]2C=C[C@H]3C2=C(c2ccccc2)c2ccccc2)cc1. The Hall–Kier alpha value is -4.25. The number of methoxy groups -OCH3 is 1. The van der Waals surface area contributed by atoms with Gasteiger partial charge in [-0.3, -0.25) is 9.59 Å². The van der Waals surface area contributed by atoms with Crippen molar-refractivity contribution in [2.75, 3.05) is 12.0 Å². The average Bonchev–Trinajstić information content (AvgIpc) is 3.54. The highest BCUT2D eigenvalue weighted by molar-refractivity contribution is 6.23. The van der Waals surface area contributed by atoms with Crippen LogP contribution in [0.3, 0.4) is 0 Å². The van der Waals surface area contributed by atoms with Crippen molar-refractivity contribution in [1.82, 2.24) is 0 Å². The van der Waals surface area contributed by atoms with Crippen molar-refractivity contribution in [3.05, 3.63) is 119 Å². The summed E-state index contributed by atoms with van der Waals surface area (Å²) in [5.41, 5.74) is 5.29. The summed E-state index contributed by atoms with van der Waals surface area (Å²) in [5.74, 6) is -1.92. The van der Waals surface area contributed by atoms with E-state index in [0.29, 0.717) is 11.3 Å². The highest BCUT2D eigenvalue weighted by atomic mass is 16.5. The van der Waals surface area contributed by atoms with Gasteiger partial charge in [0.2, 0.25) is 11.8 Å². The Bertz CT molecular complexity index is 1310. The predicted molar refractivity (Wildman–Crippen MR) is 132 cm³/mol. The third kappa shape index (κ3) is 3.19. The number of hydrogen-bond donors (Lipinski definition) is 0. The minimum atomic E-state index is -0.459. The van der Waals surface area contributed by atoms with Gasteiger partial charge >= 0.3 is 5.97 Å². The monoisotopic (exact) mass is 461 g/mol. The van der Waals surface area contributed by atoms with Gasteiger partial charge in [0, 0.05) is 11.8 Å². The maximum Gasteiger partial charge on any atom is 0.337 e. The number of allylic oxidation sites excluding steroid dienone is 3. The van der Waals surface area contributed by atoms with E-state index in [-0.39, 0.29) is 23.7 Å². The molecule has 0 spiro atoms. The van der Waals surface area contributed by atoms with E-state index < -0.39 is 17.8 Å². The normalized spacial score (nSPS) is 24.1. The van der Waals surface area contributed by atoms with Crippen LogP contribution in [0.4, 0.5) is 5.69 Å². The molecule has 6 rings (SSSR count). The first kappa shape index (κ1) is 21.3. The number of carbonyl (C=O) groups excluding carboxylic acids is 3. The fourth-order valence-electron chi connectivity index (χ4n) is 5.93. The van der Waals surface area contributed by atoms with E-state index in [0.717, 1.165) is 22.3 Å². The molecule has 0 radical (unpaired) electrons. The Kier molecular flexibility index (Phi) is 4.99. The number of nitrogens with zero attached hydrogens (tertiary/aromatic N) is 1. The number of anilines is 1. The van der Waals surface area contributed by atoms with Crippen LogP contribution in [0.5, 0.6) is 0 Å². The Balaban J connectivity index is 1.42. The molecule has 1 heterocycles. The summed E-state index contributed by atoms with van der Waals surface area (Å²) in [6.07, 6.45) is 4.20. The van der Waals surface area contributed by atoms with Gasteiger partial charge in [-0.15, -0.1) is 0 Å². The molecule has 172 valence electrons. The lowest BCUT2D eigenvalue weighted by Crippen LogP contribution is -2.33. The van der Waals surface area contributed by atoms with E-state index in [1.54, 1.807) is 24.3 Å². The third-order valence-corrected chi connectivity index (χ3v) is 7.38. The first-order valence-electron chi connectivity index (χ1n) is 11.7. The van der Waals surface area contributed by atoms with Crippen molar-refractivity contribution in [1.29, 1.82) is 0 Å². The molecule has 3 aliphatic rings. The molecule has 2 amide bonds. The van der Waals surface area contributed by atoms with Crippen molar-refractivity contribution in [2.24, 2.45) is 23.7 Å². The van der Waals surface area contributed by atoms with E-state index in [1.807, 2.05) is 36.4 Å². The fourth-order valence-corrected chi connectivity index (χ4v) is 5.93. The van der Waals surface area contributed by atoms with Gasteiger partial charge in [-0.1, -0.05) is 72.8 Å². The number of amides is 2. The number of fused-ring (bicyclic) bond motifs is 5. The van der Waals surface area contributed by atoms with Crippen LogP contribution in [0.1, 0.15) is 21.5 Å². The van der Waals surface area contributed by atoms with Crippen molar-refractivity contribution in [3.63, 3.8) is 0 Å². The summed E-state index contributed by atoms with van der Waals surface area (Å²) in [4.78, 5) is 40.4. The lowest BCUT2D eigenvalue weighted by atomic mass is 9.85. The lowest BCUT2D eigenvalue weighted by Gasteiger charge is -2.21. The number of imide groups is 1. The molecular weight excluding hydrogens is 438 g/mol. The minimum Gasteiger partial charge on any atom is -0.465 e. The molecule has 0 unspecified atom stereocenters. The third-order valence-electron chi connectivity index (χ3n) is 7.38. The maximum absolute atomic E-state index is 13.7. The zero-order valence-electron chi connectivity index (χ0n) is 19.1. The van der Waals surface area contributed by atoms with Crippen LogP contribution < -0.4 is 4.90 Å². The van der Waals surface area contributed by atoms with Gasteiger partial charge in [0.05, 0.1) is 30.2 Å². The summed E-state index contributed by atoms with van der Waals surface area (Å²) in [6, 6.07) is 26.8. The van der Waals surface area contributed by atoms with Crippen molar-refractivity contribution in [2.45, 2.75) is 0 Å². The van der Waals surface area contributed by atoms with Gasteiger partial charge in [0.15, 0.2) is 0 Å². The predicted octanol–water partition coefficient (Wildman–Crippen LogP) is 4.90. The molecule has 5 nitrogen and oxygen atoms in total. The molecule has 1 aliphatic heterocycles. The first-order valence-corrected chi connectivity index (χ1v) is 11.7. The fraction of sp³-hybridized carbons (Fsp3) is 0.167. The number of esters is 1. The van der Waals surface area contributed by atoms with E-state index >= 15 is 0 Å². The molecule has 0 aromatic heterocycles. The Morgan fingerprint density at radius 2 is 1.17 bits per heavy atom. The molecule has 1 saturated heterocycles. The topological polar surface area (TPSA) is 63.7 Å². The second-order valence-corrected chi connectivity index (χ2v) is 9.10. The Labute approximate surface area is 203 Å². The van der Waals surface area contributed by atoms with Crippen molar-refractivity contribution >= 4 is 29.0 Å². The van der Waals surface area contributed by atoms with Gasteiger partial charge in [-0.25, -0.2) is 9.69 Å². The molecule has 1 saturated carbocycles. The van der Waals surface area contributed by atoms with Gasteiger partial charge in [-0.05, 0) is 46.5 Å². The molecule has 2 fully saturated rings. The summed E-state index contributed by atoms with van der Waals surface area (Å²) in [6.45, 7) is 0. The molecule has 2 aliphatic carbocycles. The number of carbonyl (C=O) groups is 3. The number of ether oxygens (including phenoxy) is 1. The van der Waals surface area contributed by atoms with E-state index in [4.69, 9.17) is 4.74 Å². The van der Waals surface area contributed by atoms with Crippen LogP contribution in [-0.4, -0.2) is 24.9 Å². The van der Waals surface area contributed by atoms with Crippen LogP contribution in [-0.2, 0) is 14.3 Å². The van der Waals surface area contributed by atoms with Crippen LogP contribution in [0.25, 0.3) is 5.57 Å². The summed E-state index contributed by atoms with van der Waals surface area (Å²) < 4.78 is 4.75. The highest BCUT2D eigenvalue weighted by Crippen LogP contribution is 2.58. The van der Waals surface area contributed by atoms with Gasteiger partial charge < -0.3 is 4.74 Å². The molecule has 3 aromatic carbocycles. The van der Waals surface area contributed by atoms with E-state index in [2.05, 4.69) is 36.4 Å². The second-order valence-electron chi connectivity index (χ2n) is 9.10. The largest absolute Gasteiger partial charge is 0.465 e. The van der Waals surface area contributed by atoms with E-state index in [9.17, 15) is 14.4 Å². The Morgan fingerprint density at radius 1 is 0.686 bits per heavy atom. The average molecular weight is 462 g/mol. The number of hydrogen-bond acceptors (Lipinski definition) is 4. The van der Waals surface area contributed by atoms with Crippen LogP contribution in [0.15, 0.2) is 103 Å². The smallest absolute Gasteiger partial charge is 0.337 e. The Morgan fingerprint density at radius 3 is 1.63 bits per heavy atom. The highest BCUT2D eigenvalue weighted by Gasteiger charge is 2.62. The molecule has 0 N–H and O–H groups in total. The summed E-state index contributed by atoms with van der Waals surface area (Å²) in [5, 5.41) is 0. The molecule has 2 bridgehead atoms. The van der Waals surface area contributed by atoms with Crippen LogP contribution in [0.2, 0.25) is 0 Å². The molecule has 3 aromatic rings. The van der Waals surface area contributed by atoms with Crippen LogP contribution >= 0.6 is 0 Å². The molecular formula is C30H23NO4. The summed E-state index contributed by atoms with van der Waals surface area (Å²) in [7, 11) is 1.32. The second kappa shape index (κ2) is 8.20. The van der Waals surface area contributed by atoms with Gasteiger partial charge in [-0.2, -0.15) is 0 Å². The number of rotatable bonds is 4. The maximum atomic E-state index is 13.7. The van der Waals surface area contributed by atoms with Gasteiger partial charge in [0.1, 0.15) is 0 Å². The van der Waals surface area contributed by atoms with Gasteiger partial charge in [0.25, 0.3) is 0 Å². The molecule has 5 heteroatoms. The quantitative estimate of drug-likeness (QED) is 0.315. The molecule has 4 atom stereocenters. The zero-order chi connectivity index (χ0) is 24.1. The zero-order valence-corrected chi connectivity index (χ0v) is 19.1. The minimum absolute atomic E-state index is 0.129. The first-order chi connectivity index (χ1) is 17.1. The number of benzene rings is 3. The lowest BCUT2D eigenvalue weighted by molar-refractivity contribution is -0.122. The van der Waals surface area contributed by atoms with Crippen LogP contribution in [0, 0.1) is 23.7 Å². The van der Waals surface area contributed by atoms with E-state index in [1.165, 1.54) is 12.0 Å². The summed E-state index contributed by atoms with van der Waals surface area (Å²) >= 11 is 0.